The van der Waals surface area contributed by atoms with Gasteiger partial charge in [0.1, 0.15) is 0 Å². The summed E-state index contributed by atoms with van der Waals surface area (Å²) in [6.07, 6.45) is 1.57. The Balaban J connectivity index is 1.64. The number of amides is 1. The minimum absolute atomic E-state index is 0.161. The van der Waals surface area contributed by atoms with Crippen LogP contribution in [0.4, 0.5) is 11.4 Å². The Labute approximate surface area is 213 Å². The van der Waals surface area contributed by atoms with Crippen LogP contribution in [0.25, 0.3) is 0 Å². The standard InChI is InChI=1S/C25H24Cl3N3O3/c1-14-7-15(2)24(16(3)8-14)30-23(32)13-34-21-6-5-17(9-22(21)33-4)12-29-31-25-19(27)10-18(26)11-20(25)28/h5-12,31H,13H2,1-4H3,(H,30,32). The zero-order valence-electron chi connectivity index (χ0n) is 19.1. The van der Waals surface area contributed by atoms with Gasteiger partial charge in [-0.1, -0.05) is 52.5 Å². The average Bonchev–Trinajstić information content (AvgIpc) is 2.76. The molecule has 3 aromatic carbocycles. The van der Waals surface area contributed by atoms with Gasteiger partial charge in [0, 0.05) is 10.7 Å². The third-order valence-electron chi connectivity index (χ3n) is 4.88. The third-order valence-corrected chi connectivity index (χ3v) is 5.70. The topological polar surface area (TPSA) is 71.9 Å². The number of hydrogen-bond donors (Lipinski definition) is 2. The number of halogens is 3. The summed E-state index contributed by atoms with van der Waals surface area (Å²) in [5, 5.41) is 8.22. The molecular weight excluding hydrogens is 497 g/mol. The van der Waals surface area contributed by atoms with E-state index in [1.807, 2.05) is 32.9 Å². The summed E-state index contributed by atoms with van der Waals surface area (Å²) < 4.78 is 11.1. The van der Waals surface area contributed by atoms with Gasteiger partial charge in [0.2, 0.25) is 0 Å². The molecule has 0 atom stereocenters. The molecule has 178 valence electrons. The second-order valence-electron chi connectivity index (χ2n) is 7.64. The van der Waals surface area contributed by atoms with E-state index in [9.17, 15) is 4.79 Å². The Morgan fingerprint density at radius 1 is 0.941 bits per heavy atom. The van der Waals surface area contributed by atoms with Crippen molar-refractivity contribution in [2.24, 2.45) is 5.10 Å². The number of anilines is 2. The largest absolute Gasteiger partial charge is 0.493 e. The molecule has 3 aromatic rings. The summed E-state index contributed by atoms with van der Waals surface area (Å²) in [5.41, 5.74) is 7.93. The van der Waals surface area contributed by atoms with E-state index in [2.05, 4.69) is 15.8 Å². The van der Waals surface area contributed by atoms with E-state index in [0.717, 1.165) is 27.9 Å². The van der Waals surface area contributed by atoms with E-state index in [0.29, 0.717) is 32.3 Å². The monoisotopic (exact) mass is 519 g/mol. The van der Waals surface area contributed by atoms with Crippen molar-refractivity contribution in [3.63, 3.8) is 0 Å². The average molecular weight is 521 g/mol. The maximum atomic E-state index is 12.5. The number of methoxy groups -OCH3 is 1. The molecule has 2 N–H and O–H groups in total. The summed E-state index contributed by atoms with van der Waals surface area (Å²) in [6, 6.07) is 12.4. The molecule has 0 aliphatic rings. The zero-order chi connectivity index (χ0) is 24.8. The predicted molar refractivity (Wildman–Crippen MR) is 140 cm³/mol. The summed E-state index contributed by atoms with van der Waals surface area (Å²) >= 11 is 18.2. The highest BCUT2D eigenvalue weighted by molar-refractivity contribution is 6.41. The first-order chi connectivity index (χ1) is 16.2. The Bertz CT molecular complexity index is 1200. The molecule has 0 spiro atoms. The molecule has 0 aromatic heterocycles. The molecule has 0 fully saturated rings. The van der Waals surface area contributed by atoms with E-state index in [-0.39, 0.29) is 12.5 Å². The molecule has 1 amide bonds. The van der Waals surface area contributed by atoms with Gasteiger partial charge in [-0.3, -0.25) is 10.2 Å². The van der Waals surface area contributed by atoms with Gasteiger partial charge in [-0.2, -0.15) is 5.10 Å². The minimum Gasteiger partial charge on any atom is -0.493 e. The third kappa shape index (κ3) is 6.56. The lowest BCUT2D eigenvalue weighted by Gasteiger charge is -2.14. The van der Waals surface area contributed by atoms with E-state index in [1.54, 1.807) is 36.5 Å². The van der Waals surface area contributed by atoms with Gasteiger partial charge in [0.25, 0.3) is 5.91 Å². The van der Waals surface area contributed by atoms with Crippen LogP contribution in [-0.4, -0.2) is 25.8 Å². The predicted octanol–water partition coefficient (Wildman–Crippen LogP) is 7.04. The molecule has 6 nitrogen and oxygen atoms in total. The van der Waals surface area contributed by atoms with Crippen LogP contribution in [0.5, 0.6) is 11.5 Å². The van der Waals surface area contributed by atoms with Crippen LogP contribution in [0, 0.1) is 20.8 Å². The second kappa shape index (κ2) is 11.5. The van der Waals surface area contributed by atoms with Crippen LogP contribution in [-0.2, 0) is 4.79 Å². The highest BCUT2D eigenvalue weighted by Gasteiger charge is 2.12. The Hall–Kier alpha value is -2.93. The number of ether oxygens (including phenoxy) is 2. The van der Waals surface area contributed by atoms with Crippen molar-refractivity contribution in [2.75, 3.05) is 24.5 Å². The van der Waals surface area contributed by atoms with E-state index in [1.165, 1.54) is 7.11 Å². The number of benzene rings is 3. The van der Waals surface area contributed by atoms with Crippen molar-refractivity contribution in [3.05, 3.63) is 79.8 Å². The first-order valence-electron chi connectivity index (χ1n) is 10.3. The molecule has 34 heavy (non-hydrogen) atoms. The lowest BCUT2D eigenvalue weighted by atomic mass is 10.1. The normalized spacial score (nSPS) is 10.9. The maximum absolute atomic E-state index is 12.5. The number of hydrogen-bond acceptors (Lipinski definition) is 5. The van der Waals surface area contributed by atoms with Crippen molar-refractivity contribution in [1.82, 2.24) is 0 Å². The van der Waals surface area contributed by atoms with Crippen molar-refractivity contribution in [1.29, 1.82) is 0 Å². The van der Waals surface area contributed by atoms with Gasteiger partial charge < -0.3 is 14.8 Å². The minimum atomic E-state index is -0.260. The molecular formula is C25H24Cl3N3O3. The fourth-order valence-corrected chi connectivity index (χ4v) is 4.30. The Morgan fingerprint density at radius 3 is 2.21 bits per heavy atom. The molecule has 0 unspecified atom stereocenters. The lowest BCUT2D eigenvalue weighted by molar-refractivity contribution is -0.118. The van der Waals surface area contributed by atoms with E-state index in [4.69, 9.17) is 44.3 Å². The lowest BCUT2D eigenvalue weighted by Crippen LogP contribution is -2.21. The molecule has 3 rings (SSSR count). The van der Waals surface area contributed by atoms with Crippen LogP contribution >= 0.6 is 34.8 Å². The highest BCUT2D eigenvalue weighted by Crippen LogP contribution is 2.34. The zero-order valence-corrected chi connectivity index (χ0v) is 21.4. The van der Waals surface area contributed by atoms with Crippen molar-refractivity contribution in [3.8, 4) is 11.5 Å². The van der Waals surface area contributed by atoms with Gasteiger partial charge in [-0.05, 0) is 67.8 Å². The number of carbonyl (C=O) groups is 1. The molecule has 9 heteroatoms. The number of nitrogens with one attached hydrogen (secondary N) is 2. The van der Waals surface area contributed by atoms with Gasteiger partial charge >= 0.3 is 0 Å². The maximum Gasteiger partial charge on any atom is 0.262 e. The summed E-state index contributed by atoms with van der Waals surface area (Å²) in [4.78, 5) is 12.5. The van der Waals surface area contributed by atoms with Gasteiger partial charge in [0.15, 0.2) is 18.1 Å². The second-order valence-corrected chi connectivity index (χ2v) is 8.89. The summed E-state index contributed by atoms with van der Waals surface area (Å²) in [6.45, 7) is 5.78. The van der Waals surface area contributed by atoms with Crippen molar-refractivity contribution < 1.29 is 14.3 Å². The molecule has 0 saturated heterocycles. The van der Waals surface area contributed by atoms with E-state index >= 15 is 0 Å². The SMILES string of the molecule is COc1cc(C=NNc2c(Cl)cc(Cl)cc2Cl)ccc1OCC(=O)Nc1c(C)cc(C)cc1C. The molecule has 0 bridgehead atoms. The number of nitrogens with zero attached hydrogens (tertiary/aromatic N) is 1. The summed E-state index contributed by atoms with van der Waals surface area (Å²) in [7, 11) is 1.52. The fraction of sp³-hybridized carbons (Fsp3) is 0.200. The van der Waals surface area contributed by atoms with Crippen LogP contribution in [0.1, 0.15) is 22.3 Å². The first-order valence-corrected chi connectivity index (χ1v) is 11.4. The molecule has 0 aliphatic heterocycles. The van der Waals surface area contributed by atoms with Gasteiger partial charge in [-0.15, -0.1) is 0 Å². The van der Waals surface area contributed by atoms with Crippen LogP contribution in [0.2, 0.25) is 15.1 Å². The number of hydrazone groups is 1. The van der Waals surface area contributed by atoms with Crippen LogP contribution in [0.15, 0.2) is 47.6 Å². The highest BCUT2D eigenvalue weighted by atomic mass is 35.5. The first kappa shape index (κ1) is 25.7. The van der Waals surface area contributed by atoms with Crippen molar-refractivity contribution >= 4 is 58.3 Å². The smallest absolute Gasteiger partial charge is 0.262 e. The Kier molecular flexibility index (Phi) is 8.67. The van der Waals surface area contributed by atoms with Crippen molar-refractivity contribution in [2.45, 2.75) is 20.8 Å². The Morgan fingerprint density at radius 2 is 1.59 bits per heavy atom. The number of rotatable bonds is 8. The molecule has 0 heterocycles. The molecule has 0 saturated carbocycles. The fourth-order valence-electron chi connectivity index (χ4n) is 3.40. The van der Waals surface area contributed by atoms with Crippen LogP contribution in [0.3, 0.4) is 0 Å². The summed E-state index contributed by atoms with van der Waals surface area (Å²) in [5.74, 6) is 0.634. The number of carbonyl (C=O) groups excluding carboxylic acids is 1. The molecule has 0 aliphatic carbocycles. The quantitative estimate of drug-likeness (QED) is 0.247. The van der Waals surface area contributed by atoms with Gasteiger partial charge in [0.05, 0.1) is 29.1 Å². The van der Waals surface area contributed by atoms with E-state index < -0.39 is 0 Å². The molecule has 0 radical (unpaired) electrons. The van der Waals surface area contributed by atoms with Gasteiger partial charge in [-0.25, -0.2) is 0 Å². The number of aryl methyl sites for hydroxylation is 3. The van der Waals surface area contributed by atoms with Crippen LogP contribution < -0.4 is 20.2 Å².